The highest BCUT2D eigenvalue weighted by molar-refractivity contribution is 4.80. The molecule has 0 saturated carbocycles. The highest BCUT2D eigenvalue weighted by Crippen LogP contribution is 2.23. The average Bonchev–Trinajstić information content (AvgIpc) is 2.35. The molecule has 1 aromatic rings. The van der Waals surface area contributed by atoms with Crippen molar-refractivity contribution in [1.82, 2.24) is 9.55 Å². The first-order chi connectivity index (χ1) is 5.93. The highest BCUT2D eigenvalue weighted by atomic mass is 19.3. The molecule has 74 valence electrons. The standard InChI is InChI=1S/C6H6F4N2O/c7-4(8)6(9,10)3-12-2-1-11-5(12)13/h1-2,4H,3H2,(H,11,13). The van der Waals surface area contributed by atoms with Gasteiger partial charge in [0.2, 0.25) is 0 Å². The Morgan fingerprint density at radius 2 is 2.15 bits per heavy atom. The minimum atomic E-state index is -4.17. The fourth-order valence-electron chi connectivity index (χ4n) is 0.770. The largest absolute Gasteiger partial charge is 0.325 e. The van der Waals surface area contributed by atoms with Gasteiger partial charge in [-0.3, -0.25) is 4.57 Å². The van der Waals surface area contributed by atoms with Crippen molar-refractivity contribution in [3.8, 4) is 0 Å². The van der Waals surface area contributed by atoms with E-state index in [1.807, 2.05) is 0 Å². The molecule has 0 unspecified atom stereocenters. The van der Waals surface area contributed by atoms with Crippen LogP contribution in [0.2, 0.25) is 0 Å². The summed E-state index contributed by atoms with van der Waals surface area (Å²) in [6.45, 7) is -1.31. The number of H-pyrrole nitrogens is 1. The molecule has 0 bridgehead atoms. The van der Waals surface area contributed by atoms with E-state index in [-0.39, 0.29) is 0 Å². The molecule has 7 heteroatoms. The van der Waals surface area contributed by atoms with Crippen molar-refractivity contribution in [3.05, 3.63) is 22.9 Å². The van der Waals surface area contributed by atoms with E-state index >= 15 is 0 Å². The number of imidazole rings is 1. The Morgan fingerprint density at radius 3 is 2.54 bits per heavy atom. The van der Waals surface area contributed by atoms with E-state index in [1.54, 1.807) is 0 Å². The molecule has 0 radical (unpaired) electrons. The lowest BCUT2D eigenvalue weighted by Crippen LogP contribution is -2.35. The number of aromatic amines is 1. The van der Waals surface area contributed by atoms with Gasteiger partial charge in [0.1, 0.15) is 0 Å². The van der Waals surface area contributed by atoms with E-state index in [4.69, 9.17) is 0 Å². The Hall–Kier alpha value is -1.27. The van der Waals surface area contributed by atoms with Gasteiger partial charge in [-0.1, -0.05) is 0 Å². The summed E-state index contributed by atoms with van der Waals surface area (Å²) < 4.78 is 48.5. The maximum atomic E-state index is 12.4. The van der Waals surface area contributed by atoms with E-state index in [1.165, 1.54) is 0 Å². The summed E-state index contributed by atoms with van der Waals surface area (Å²) in [5.41, 5.74) is -0.833. The van der Waals surface area contributed by atoms with Crippen LogP contribution in [0.1, 0.15) is 0 Å². The maximum Gasteiger partial charge on any atom is 0.325 e. The number of rotatable bonds is 3. The van der Waals surface area contributed by atoms with Crippen LogP contribution in [0.15, 0.2) is 17.2 Å². The van der Waals surface area contributed by atoms with Gasteiger partial charge in [0.25, 0.3) is 0 Å². The third-order valence-corrected chi connectivity index (χ3v) is 1.42. The quantitative estimate of drug-likeness (QED) is 0.725. The molecule has 0 aliphatic heterocycles. The van der Waals surface area contributed by atoms with Crippen molar-refractivity contribution in [2.75, 3.05) is 0 Å². The number of hydrogen-bond acceptors (Lipinski definition) is 1. The van der Waals surface area contributed by atoms with Crippen molar-refractivity contribution in [1.29, 1.82) is 0 Å². The van der Waals surface area contributed by atoms with E-state index in [0.717, 1.165) is 12.4 Å². The molecule has 1 rings (SSSR count). The predicted octanol–water partition coefficient (Wildman–Crippen LogP) is 1.08. The van der Waals surface area contributed by atoms with Crippen LogP contribution in [0.4, 0.5) is 17.6 Å². The Bertz CT molecular complexity index is 329. The van der Waals surface area contributed by atoms with Crippen LogP contribution >= 0.6 is 0 Å². The lowest BCUT2D eigenvalue weighted by molar-refractivity contribution is -0.138. The summed E-state index contributed by atoms with van der Waals surface area (Å²) in [6, 6.07) is 0. The average molecular weight is 198 g/mol. The molecule has 3 nitrogen and oxygen atoms in total. The fraction of sp³-hybridized carbons (Fsp3) is 0.500. The van der Waals surface area contributed by atoms with E-state index < -0.39 is 24.6 Å². The molecule has 0 spiro atoms. The molecule has 13 heavy (non-hydrogen) atoms. The van der Waals surface area contributed by atoms with Crippen LogP contribution in [0, 0.1) is 0 Å². The minimum Gasteiger partial charge on any atom is -0.313 e. The van der Waals surface area contributed by atoms with Crippen molar-refractivity contribution >= 4 is 0 Å². The lowest BCUT2D eigenvalue weighted by Gasteiger charge is -2.14. The minimum absolute atomic E-state index is 0.492. The molecule has 0 atom stereocenters. The number of nitrogens with zero attached hydrogens (tertiary/aromatic N) is 1. The van der Waals surface area contributed by atoms with Gasteiger partial charge in [0.15, 0.2) is 0 Å². The lowest BCUT2D eigenvalue weighted by atomic mass is 10.3. The second-order valence-corrected chi connectivity index (χ2v) is 2.45. The van der Waals surface area contributed by atoms with Gasteiger partial charge >= 0.3 is 18.0 Å². The number of hydrogen-bond donors (Lipinski definition) is 1. The monoisotopic (exact) mass is 198 g/mol. The highest BCUT2D eigenvalue weighted by Gasteiger charge is 2.41. The molecule has 1 heterocycles. The Kier molecular flexibility index (Phi) is 2.44. The van der Waals surface area contributed by atoms with E-state index in [2.05, 4.69) is 4.98 Å². The van der Waals surface area contributed by atoms with Gasteiger partial charge in [0, 0.05) is 12.4 Å². The molecule has 1 aromatic heterocycles. The van der Waals surface area contributed by atoms with Crippen molar-refractivity contribution in [3.63, 3.8) is 0 Å². The van der Waals surface area contributed by atoms with Crippen molar-refractivity contribution in [2.24, 2.45) is 0 Å². The topological polar surface area (TPSA) is 37.8 Å². The van der Waals surface area contributed by atoms with E-state index in [9.17, 15) is 22.4 Å². The van der Waals surface area contributed by atoms with Gasteiger partial charge in [-0.2, -0.15) is 8.78 Å². The molecule has 0 aliphatic carbocycles. The Morgan fingerprint density at radius 1 is 1.54 bits per heavy atom. The third-order valence-electron chi connectivity index (χ3n) is 1.42. The second kappa shape index (κ2) is 3.23. The zero-order valence-electron chi connectivity index (χ0n) is 6.31. The zero-order valence-corrected chi connectivity index (χ0v) is 6.31. The van der Waals surface area contributed by atoms with E-state index in [0.29, 0.717) is 4.57 Å². The summed E-state index contributed by atoms with van der Waals surface area (Å²) in [5.74, 6) is -4.17. The van der Waals surface area contributed by atoms with Gasteiger partial charge in [-0.05, 0) is 0 Å². The summed E-state index contributed by atoms with van der Waals surface area (Å²) >= 11 is 0. The predicted molar refractivity (Wildman–Crippen MR) is 36.0 cm³/mol. The fourth-order valence-corrected chi connectivity index (χ4v) is 0.770. The van der Waals surface area contributed by atoms with Crippen LogP contribution in [0.5, 0.6) is 0 Å². The first-order valence-corrected chi connectivity index (χ1v) is 3.33. The molecule has 1 N–H and O–H groups in total. The smallest absolute Gasteiger partial charge is 0.313 e. The number of aromatic nitrogens is 2. The molecular formula is C6H6F4N2O. The third kappa shape index (κ3) is 2.10. The van der Waals surface area contributed by atoms with Crippen LogP contribution in [-0.4, -0.2) is 21.9 Å². The molecule has 0 fully saturated rings. The first kappa shape index (κ1) is 9.82. The number of alkyl halides is 4. The normalized spacial score (nSPS) is 12.4. The maximum absolute atomic E-state index is 12.4. The van der Waals surface area contributed by atoms with Gasteiger partial charge in [-0.25, -0.2) is 13.6 Å². The number of halogens is 4. The first-order valence-electron chi connectivity index (χ1n) is 3.33. The van der Waals surface area contributed by atoms with Gasteiger partial charge in [0.05, 0.1) is 6.54 Å². The van der Waals surface area contributed by atoms with Crippen LogP contribution in [0.3, 0.4) is 0 Å². The van der Waals surface area contributed by atoms with Crippen LogP contribution in [0.25, 0.3) is 0 Å². The molecule has 0 saturated heterocycles. The summed E-state index contributed by atoms with van der Waals surface area (Å²) in [5, 5.41) is 0. The molecule has 0 aromatic carbocycles. The zero-order chi connectivity index (χ0) is 10.1. The summed E-state index contributed by atoms with van der Waals surface area (Å²) in [7, 11) is 0. The van der Waals surface area contributed by atoms with Crippen LogP contribution in [-0.2, 0) is 6.54 Å². The number of nitrogens with one attached hydrogen (secondary N) is 1. The van der Waals surface area contributed by atoms with Gasteiger partial charge in [-0.15, -0.1) is 0 Å². The SMILES string of the molecule is O=c1[nH]ccn1CC(F)(F)C(F)F. The summed E-state index contributed by atoms with van der Waals surface area (Å²) in [6.07, 6.45) is -1.68. The second-order valence-electron chi connectivity index (χ2n) is 2.45. The van der Waals surface area contributed by atoms with Crippen molar-refractivity contribution < 1.29 is 17.6 Å². The Balaban J connectivity index is 2.80. The molecule has 0 aliphatic rings. The van der Waals surface area contributed by atoms with Gasteiger partial charge < -0.3 is 4.98 Å². The molecular weight excluding hydrogens is 192 g/mol. The molecule has 0 amide bonds. The van der Waals surface area contributed by atoms with Crippen LogP contribution < -0.4 is 5.69 Å². The van der Waals surface area contributed by atoms with Crippen molar-refractivity contribution in [2.45, 2.75) is 18.9 Å². The summed E-state index contributed by atoms with van der Waals surface area (Å²) in [4.78, 5) is 12.7. The Labute approximate surface area is 70.0 Å².